The number of hydrogen-bond acceptors (Lipinski definition) is 6. The van der Waals surface area contributed by atoms with Gasteiger partial charge in [-0.1, -0.05) is 19.4 Å². The molecule has 0 aliphatic carbocycles. The van der Waals surface area contributed by atoms with E-state index < -0.39 is 0 Å². The zero-order chi connectivity index (χ0) is 18.9. The Kier molecular flexibility index (Phi) is 8.06. The SMILES string of the molecule is CCCc1ccc(OCC(=O)Nc2nc(CC(=O)OCC)cs2)c(Br)c1. The van der Waals surface area contributed by atoms with Crippen LogP contribution in [0, 0.1) is 0 Å². The molecule has 1 heterocycles. The van der Waals surface area contributed by atoms with Crippen molar-refractivity contribution < 1.29 is 19.1 Å². The van der Waals surface area contributed by atoms with Crippen molar-refractivity contribution in [2.75, 3.05) is 18.5 Å². The molecule has 1 aromatic carbocycles. The Morgan fingerprint density at radius 1 is 1.31 bits per heavy atom. The van der Waals surface area contributed by atoms with Gasteiger partial charge in [0.15, 0.2) is 11.7 Å². The van der Waals surface area contributed by atoms with Gasteiger partial charge in [0.2, 0.25) is 0 Å². The third-order valence-corrected chi connectivity index (χ3v) is 4.75. The molecule has 26 heavy (non-hydrogen) atoms. The highest BCUT2D eigenvalue weighted by molar-refractivity contribution is 9.10. The normalized spacial score (nSPS) is 10.4. The highest BCUT2D eigenvalue weighted by Gasteiger charge is 2.11. The molecule has 0 aliphatic rings. The summed E-state index contributed by atoms with van der Waals surface area (Å²) in [4.78, 5) is 27.7. The average Bonchev–Trinajstić information content (AvgIpc) is 3.01. The molecule has 1 amide bonds. The zero-order valence-electron chi connectivity index (χ0n) is 14.7. The second-order valence-electron chi connectivity index (χ2n) is 5.48. The highest BCUT2D eigenvalue weighted by atomic mass is 79.9. The van der Waals surface area contributed by atoms with E-state index in [1.54, 1.807) is 12.3 Å². The van der Waals surface area contributed by atoms with Crippen molar-refractivity contribution in [3.63, 3.8) is 0 Å². The van der Waals surface area contributed by atoms with Crippen LogP contribution in [0.1, 0.15) is 31.5 Å². The molecule has 140 valence electrons. The standard InChI is InChI=1S/C18H21BrN2O4S/c1-3-5-12-6-7-15(14(19)8-12)25-10-16(22)21-18-20-13(11-26-18)9-17(23)24-4-2/h6-8,11H,3-5,9-10H2,1-2H3,(H,20,21,22). The summed E-state index contributed by atoms with van der Waals surface area (Å²) in [5, 5.41) is 4.81. The van der Waals surface area contributed by atoms with Crippen LogP contribution in [0.4, 0.5) is 5.13 Å². The van der Waals surface area contributed by atoms with Crippen LogP contribution in [0.3, 0.4) is 0 Å². The fourth-order valence-electron chi connectivity index (χ4n) is 2.21. The number of carbonyl (C=O) groups excluding carboxylic acids is 2. The van der Waals surface area contributed by atoms with E-state index in [1.165, 1.54) is 16.9 Å². The van der Waals surface area contributed by atoms with Gasteiger partial charge in [0.25, 0.3) is 5.91 Å². The maximum Gasteiger partial charge on any atom is 0.311 e. The smallest absolute Gasteiger partial charge is 0.311 e. The van der Waals surface area contributed by atoms with Gasteiger partial charge in [0, 0.05) is 5.38 Å². The molecule has 8 heteroatoms. The molecule has 0 spiro atoms. The molecule has 0 atom stereocenters. The lowest BCUT2D eigenvalue weighted by Crippen LogP contribution is -2.20. The summed E-state index contributed by atoms with van der Waals surface area (Å²) in [5.41, 5.74) is 1.78. The maximum absolute atomic E-state index is 12.0. The van der Waals surface area contributed by atoms with Crippen molar-refractivity contribution in [1.29, 1.82) is 0 Å². The number of carbonyl (C=O) groups is 2. The summed E-state index contributed by atoms with van der Waals surface area (Å²) in [6, 6.07) is 5.84. The summed E-state index contributed by atoms with van der Waals surface area (Å²) in [6.07, 6.45) is 2.16. The largest absolute Gasteiger partial charge is 0.483 e. The second kappa shape index (κ2) is 10.3. The van der Waals surface area contributed by atoms with E-state index in [2.05, 4.69) is 33.2 Å². The minimum atomic E-state index is -0.338. The number of esters is 1. The highest BCUT2D eigenvalue weighted by Crippen LogP contribution is 2.26. The van der Waals surface area contributed by atoms with Crippen molar-refractivity contribution in [2.45, 2.75) is 33.1 Å². The number of aryl methyl sites for hydroxylation is 1. The maximum atomic E-state index is 12.0. The Balaban J connectivity index is 1.84. The topological polar surface area (TPSA) is 77.5 Å². The molecule has 1 N–H and O–H groups in total. The van der Waals surface area contributed by atoms with Gasteiger partial charge in [-0.25, -0.2) is 4.98 Å². The third-order valence-electron chi connectivity index (χ3n) is 3.32. The van der Waals surface area contributed by atoms with Crippen LogP contribution in [-0.2, 0) is 27.2 Å². The first kappa shape index (κ1) is 20.4. The van der Waals surface area contributed by atoms with Crippen LogP contribution in [0.25, 0.3) is 0 Å². The molecule has 0 aliphatic heterocycles. The van der Waals surface area contributed by atoms with E-state index in [4.69, 9.17) is 9.47 Å². The number of halogens is 1. The van der Waals surface area contributed by atoms with Gasteiger partial charge in [-0.05, 0) is 47.0 Å². The van der Waals surface area contributed by atoms with Crippen molar-refractivity contribution in [2.24, 2.45) is 0 Å². The monoisotopic (exact) mass is 440 g/mol. The van der Waals surface area contributed by atoms with Crippen LogP contribution in [0.2, 0.25) is 0 Å². The fourth-order valence-corrected chi connectivity index (χ4v) is 3.48. The Labute approximate surface area is 165 Å². The minimum absolute atomic E-state index is 0.0910. The number of anilines is 1. The van der Waals surface area contributed by atoms with E-state index in [-0.39, 0.29) is 24.9 Å². The molecular formula is C18H21BrN2O4S. The van der Waals surface area contributed by atoms with Gasteiger partial charge in [-0.15, -0.1) is 11.3 Å². The van der Waals surface area contributed by atoms with Crippen LogP contribution in [0.5, 0.6) is 5.75 Å². The molecule has 2 aromatic rings. The molecule has 6 nitrogen and oxygen atoms in total. The minimum Gasteiger partial charge on any atom is -0.483 e. The lowest BCUT2D eigenvalue weighted by molar-refractivity contribution is -0.142. The van der Waals surface area contributed by atoms with E-state index in [9.17, 15) is 9.59 Å². The number of rotatable bonds is 9. The molecule has 2 rings (SSSR count). The molecular weight excluding hydrogens is 420 g/mol. The number of amides is 1. The number of hydrogen-bond donors (Lipinski definition) is 1. The number of nitrogens with one attached hydrogen (secondary N) is 1. The van der Waals surface area contributed by atoms with Gasteiger partial charge >= 0.3 is 5.97 Å². The summed E-state index contributed by atoms with van der Waals surface area (Å²) < 4.78 is 11.2. The Morgan fingerprint density at radius 3 is 2.81 bits per heavy atom. The number of aromatic nitrogens is 1. The summed E-state index contributed by atoms with van der Waals surface area (Å²) in [6.45, 7) is 4.08. The Hall–Kier alpha value is -1.93. The first-order chi connectivity index (χ1) is 12.5. The van der Waals surface area contributed by atoms with Crippen LogP contribution < -0.4 is 10.1 Å². The summed E-state index contributed by atoms with van der Waals surface area (Å²) in [5.74, 6) is -0.0379. The quantitative estimate of drug-likeness (QED) is 0.596. The first-order valence-electron chi connectivity index (χ1n) is 8.33. The predicted octanol–water partition coefficient (Wildman–Crippen LogP) is 3.98. The van der Waals surface area contributed by atoms with Crippen molar-refractivity contribution >= 4 is 44.3 Å². The van der Waals surface area contributed by atoms with Gasteiger partial charge in [0.1, 0.15) is 5.75 Å². The molecule has 0 unspecified atom stereocenters. The third kappa shape index (κ3) is 6.42. The van der Waals surface area contributed by atoms with Crippen LogP contribution in [-0.4, -0.2) is 30.1 Å². The van der Waals surface area contributed by atoms with Gasteiger partial charge in [0.05, 0.1) is 23.2 Å². The molecule has 0 fully saturated rings. The Morgan fingerprint density at radius 2 is 2.12 bits per heavy atom. The van der Waals surface area contributed by atoms with Crippen molar-refractivity contribution in [3.05, 3.63) is 39.3 Å². The first-order valence-corrected chi connectivity index (χ1v) is 10.00. The van der Waals surface area contributed by atoms with Gasteiger partial charge in [-0.2, -0.15) is 0 Å². The van der Waals surface area contributed by atoms with E-state index in [1.807, 2.05) is 18.2 Å². The predicted molar refractivity (Wildman–Crippen MR) is 105 cm³/mol. The average molecular weight is 441 g/mol. The molecule has 0 radical (unpaired) electrons. The number of thiazole rings is 1. The molecule has 0 saturated heterocycles. The van der Waals surface area contributed by atoms with E-state index >= 15 is 0 Å². The van der Waals surface area contributed by atoms with Crippen LogP contribution >= 0.6 is 27.3 Å². The zero-order valence-corrected chi connectivity index (χ0v) is 17.1. The van der Waals surface area contributed by atoms with Gasteiger partial charge < -0.3 is 9.47 Å². The second-order valence-corrected chi connectivity index (χ2v) is 7.19. The Bertz CT molecular complexity index is 763. The molecule has 0 saturated carbocycles. The van der Waals surface area contributed by atoms with E-state index in [0.29, 0.717) is 23.2 Å². The molecule has 1 aromatic heterocycles. The van der Waals surface area contributed by atoms with Crippen molar-refractivity contribution in [1.82, 2.24) is 4.98 Å². The summed E-state index contributed by atoms with van der Waals surface area (Å²) >= 11 is 4.72. The number of benzene rings is 1. The number of nitrogens with zero attached hydrogens (tertiary/aromatic N) is 1. The number of ether oxygens (including phenoxy) is 2. The lowest BCUT2D eigenvalue weighted by Gasteiger charge is -2.09. The van der Waals surface area contributed by atoms with Crippen molar-refractivity contribution in [3.8, 4) is 5.75 Å². The molecule has 0 bridgehead atoms. The summed E-state index contributed by atoms with van der Waals surface area (Å²) in [7, 11) is 0. The fraction of sp³-hybridized carbons (Fsp3) is 0.389. The van der Waals surface area contributed by atoms with Crippen LogP contribution in [0.15, 0.2) is 28.1 Å². The van der Waals surface area contributed by atoms with Gasteiger partial charge in [-0.3, -0.25) is 14.9 Å². The van der Waals surface area contributed by atoms with E-state index in [0.717, 1.165) is 17.3 Å². The lowest BCUT2D eigenvalue weighted by atomic mass is 10.1.